The Hall–Kier alpha value is -1.26. The maximum absolute atomic E-state index is 11.9. The van der Waals surface area contributed by atoms with Crippen LogP contribution in [-0.4, -0.2) is 43.8 Å². The van der Waals surface area contributed by atoms with E-state index in [1.165, 1.54) is 5.56 Å². The number of nitrogens with zero attached hydrogens (tertiary/aromatic N) is 1. The minimum absolute atomic E-state index is 0.0187. The third-order valence-corrected chi connectivity index (χ3v) is 3.55. The number of hydrogen-bond donors (Lipinski definition) is 1. The number of nitrogens with one attached hydrogen (secondary N) is 1. The third kappa shape index (κ3) is 3.61. The van der Waals surface area contributed by atoms with Gasteiger partial charge in [0.2, 0.25) is 0 Å². The molecule has 0 spiro atoms. The minimum Gasteiger partial charge on any atom is -0.383 e. The van der Waals surface area contributed by atoms with E-state index in [-0.39, 0.29) is 12.1 Å². The summed E-state index contributed by atoms with van der Waals surface area (Å²) < 4.78 is 4.99. The van der Waals surface area contributed by atoms with Crippen LogP contribution in [0, 0.1) is 0 Å². The molecule has 4 nitrogen and oxygen atoms in total. The number of halogens is 1. The van der Waals surface area contributed by atoms with Crippen molar-refractivity contribution < 1.29 is 9.53 Å². The molecule has 5 heteroatoms. The van der Waals surface area contributed by atoms with Crippen LogP contribution in [0.3, 0.4) is 0 Å². The molecule has 19 heavy (non-hydrogen) atoms. The molecule has 1 aliphatic rings. The van der Waals surface area contributed by atoms with Gasteiger partial charge in [-0.15, -0.1) is 0 Å². The van der Waals surface area contributed by atoms with Crippen LogP contribution in [0.2, 0.25) is 5.02 Å². The van der Waals surface area contributed by atoms with Crippen molar-refractivity contribution in [2.45, 2.75) is 18.9 Å². The minimum atomic E-state index is -0.0187. The van der Waals surface area contributed by atoms with Crippen LogP contribution in [0.25, 0.3) is 0 Å². The number of likely N-dealkylation sites (tertiary alicyclic amines) is 1. The molecule has 1 fully saturated rings. The van der Waals surface area contributed by atoms with Crippen LogP contribution in [-0.2, 0) is 4.74 Å². The van der Waals surface area contributed by atoms with Gasteiger partial charge < -0.3 is 15.0 Å². The number of benzene rings is 1. The van der Waals surface area contributed by atoms with Crippen LogP contribution in [0.4, 0.5) is 4.79 Å². The van der Waals surface area contributed by atoms with Gasteiger partial charge in [0.1, 0.15) is 0 Å². The van der Waals surface area contributed by atoms with E-state index in [4.69, 9.17) is 16.3 Å². The molecule has 1 unspecified atom stereocenters. The SMILES string of the molecule is COCC(C)NC(=O)N1CC(c2ccc(Cl)cc2)C1. The molecule has 104 valence electrons. The lowest BCUT2D eigenvalue weighted by atomic mass is 9.92. The summed E-state index contributed by atoms with van der Waals surface area (Å²) >= 11 is 5.86. The Balaban J connectivity index is 1.79. The first-order valence-electron chi connectivity index (χ1n) is 6.40. The number of rotatable bonds is 4. The number of carbonyl (C=O) groups excluding carboxylic acids is 1. The lowest BCUT2D eigenvalue weighted by molar-refractivity contribution is 0.135. The quantitative estimate of drug-likeness (QED) is 0.922. The largest absolute Gasteiger partial charge is 0.383 e. The molecule has 0 aromatic heterocycles. The number of methoxy groups -OCH3 is 1. The van der Waals surface area contributed by atoms with Crippen molar-refractivity contribution in [3.8, 4) is 0 Å². The summed E-state index contributed by atoms with van der Waals surface area (Å²) in [5, 5.41) is 3.65. The predicted octanol–water partition coefficient (Wildman–Crippen LogP) is 2.48. The topological polar surface area (TPSA) is 41.6 Å². The van der Waals surface area contributed by atoms with Gasteiger partial charge in [-0.3, -0.25) is 0 Å². The molecule has 0 aliphatic carbocycles. The fraction of sp³-hybridized carbons (Fsp3) is 0.500. The molecule has 1 aliphatic heterocycles. The van der Waals surface area contributed by atoms with Crippen molar-refractivity contribution in [3.63, 3.8) is 0 Å². The average molecular weight is 283 g/mol. The highest BCUT2D eigenvalue weighted by Gasteiger charge is 2.31. The Kier molecular flexibility index (Phi) is 4.66. The van der Waals surface area contributed by atoms with Crippen molar-refractivity contribution in [2.24, 2.45) is 0 Å². The van der Waals surface area contributed by atoms with Crippen LogP contribution in [0.5, 0.6) is 0 Å². The van der Waals surface area contributed by atoms with E-state index in [1.807, 2.05) is 36.1 Å². The van der Waals surface area contributed by atoms with Gasteiger partial charge in [-0.05, 0) is 24.6 Å². The molecular formula is C14H19ClN2O2. The summed E-state index contributed by atoms with van der Waals surface area (Å²) in [6.45, 7) is 3.97. The van der Waals surface area contributed by atoms with Crippen molar-refractivity contribution in [1.29, 1.82) is 0 Å². The molecule has 1 N–H and O–H groups in total. The Morgan fingerprint density at radius 3 is 2.68 bits per heavy atom. The van der Waals surface area contributed by atoms with E-state index in [0.29, 0.717) is 12.5 Å². The molecular weight excluding hydrogens is 264 g/mol. The summed E-state index contributed by atoms with van der Waals surface area (Å²) in [4.78, 5) is 13.7. The molecule has 2 rings (SSSR count). The van der Waals surface area contributed by atoms with Crippen molar-refractivity contribution in [3.05, 3.63) is 34.9 Å². The second-order valence-corrected chi connectivity index (χ2v) is 5.40. The van der Waals surface area contributed by atoms with Gasteiger partial charge in [0, 0.05) is 31.1 Å². The van der Waals surface area contributed by atoms with Crippen molar-refractivity contribution >= 4 is 17.6 Å². The fourth-order valence-electron chi connectivity index (χ4n) is 2.18. The maximum atomic E-state index is 11.9. The first kappa shape index (κ1) is 14.2. The zero-order chi connectivity index (χ0) is 13.8. The van der Waals surface area contributed by atoms with E-state index in [1.54, 1.807) is 7.11 Å². The number of carbonyl (C=O) groups is 1. The molecule has 0 radical (unpaired) electrons. The standard InChI is InChI=1S/C14H19ClN2O2/c1-10(9-19-2)16-14(18)17-7-12(8-17)11-3-5-13(15)6-4-11/h3-6,10,12H,7-9H2,1-2H3,(H,16,18). The molecule has 2 amide bonds. The normalized spacial score (nSPS) is 16.9. The second kappa shape index (κ2) is 6.26. The monoisotopic (exact) mass is 282 g/mol. The van der Waals surface area contributed by atoms with Gasteiger partial charge in [-0.1, -0.05) is 23.7 Å². The van der Waals surface area contributed by atoms with E-state index in [0.717, 1.165) is 18.1 Å². The number of ether oxygens (including phenoxy) is 1. The van der Waals surface area contributed by atoms with E-state index >= 15 is 0 Å². The number of amides is 2. The van der Waals surface area contributed by atoms with Crippen molar-refractivity contribution in [2.75, 3.05) is 26.8 Å². The van der Waals surface area contributed by atoms with Crippen molar-refractivity contribution in [1.82, 2.24) is 10.2 Å². The fourth-order valence-corrected chi connectivity index (χ4v) is 2.31. The van der Waals surface area contributed by atoms with Gasteiger partial charge in [0.15, 0.2) is 0 Å². The molecule has 1 aromatic rings. The van der Waals surface area contributed by atoms with Crippen LogP contribution >= 0.6 is 11.6 Å². The zero-order valence-corrected chi connectivity index (χ0v) is 12.0. The number of urea groups is 1. The van der Waals surface area contributed by atoms with Gasteiger partial charge in [-0.2, -0.15) is 0 Å². The highest BCUT2D eigenvalue weighted by molar-refractivity contribution is 6.30. The summed E-state index contributed by atoms with van der Waals surface area (Å²) in [6.07, 6.45) is 0. The smallest absolute Gasteiger partial charge is 0.317 e. The van der Waals surface area contributed by atoms with Gasteiger partial charge in [0.05, 0.1) is 12.6 Å². The number of hydrogen-bond acceptors (Lipinski definition) is 2. The summed E-state index contributed by atoms with van der Waals surface area (Å²) in [5.74, 6) is 0.417. The predicted molar refractivity (Wildman–Crippen MR) is 75.6 cm³/mol. The molecule has 1 saturated heterocycles. The lowest BCUT2D eigenvalue weighted by Gasteiger charge is -2.40. The van der Waals surface area contributed by atoms with Gasteiger partial charge >= 0.3 is 6.03 Å². The Morgan fingerprint density at radius 1 is 1.47 bits per heavy atom. The third-order valence-electron chi connectivity index (χ3n) is 3.30. The van der Waals surface area contributed by atoms with Crippen LogP contribution in [0.15, 0.2) is 24.3 Å². The summed E-state index contributed by atoms with van der Waals surface area (Å²) in [7, 11) is 1.63. The Bertz CT molecular complexity index is 430. The molecule has 1 heterocycles. The Morgan fingerprint density at radius 2 is 2.11 bits per heavy atom. The lowest BCUT2D eigenvalue weighted by Crippen LogP contribution is -2.54. The highest BCUT2D eigenvalue weighted by atomic mass is 35.5. The first-order valence-corrected chi connectivity index (χ1v) is 6.77. The second-order valence-electron chi connectivity index (χ2n) is 4.96. The maximum Gasteiger partial charge on any atom is 0.317 e. The van der Waals surface area contributed by atoms with Gasteiger partial charge in [-0.25, -0.2) is 4.79 Å². The van der Waals surface area contributed by atoms with E-state index < -0.39 is 0 Å². The van der Waals surface area contributed by atoms with Gasteiger partial charge in [0.25, 0.3) is 0 Å². The van der Waals surface area contributed by atoms with E-state index in [9.17, 15) is 4.79 Å². The molecule has 1 atom stereocenters. The highest BCUT2D eigenvalue weighted by Crippen LogP contribution is 2.27. The van der Waals surface area contributed by atoms with Crippen LogP contribution < -0.4 is 5.32 Å². The zero-order valence-electron chi connectivity index (χ0n) is 11.2. The van der Waals surface area contributed by atoms with E-state index in [2.05, 4.69) is 5.32 Å². The summed E-state index contributed by atoms with van der Waals surface area (Å²) in [5.41, 5.74) is 1.23. The molecule has 0 bridgehead atoms. The Labute approximate surface area is 118 Å². The first-order chi connectivity index (χ1) is 9.10. The average Bonchev–Trinajstić information content (AvgIpc) is 2.30. The molecule has 0 saturated carbocycles. The summed E-state index contributed by atoms with van der Waals surface area (Å²) in [6, 6.07) is 7.84. The van der Waals surface area contributed by atoms with Crippen LogP contribution in [0.1, 0.15) is 18.4 Å². The molecule has 1 aromatic carbocycles.